The molecule has 8 heavy (non-hydrogen) atoms. The third-order valence-electron chi connectivity index (χ3n) is 1.55. The van der Waals surface area contributed by atoms with Gasteiger partial charge in [-0.3, -0.25) is 0 Å². The molecular weight excluding hydrogens is 110 g/mol. The van der Waals surface area contributed by atoms with Crippen molar-refractivity contribution in [2.24, 2.45) is 0 Å². The smallest absolute Gasteiger partial charge is 0.103 e. The first-order chi connectivity index (χ1) is 3.79. The Kier molecular flexibility index (Phi) is 1.81. The lowest BCUT2D eigenvalue weighted by molar-refractivity contribution is 0.159. The van der Waals surface area contributed by atoms with Gasteiger partial charge in [-0.1, -0.05) is 0 Å². The van der Waals surface area contributed by atoms with E-state index < -0.39 is 12.3 Å². The second-order valence-corrected chi connectivity index (χ2v) is 2.36. The Morgan fingerprint density at radius 1 is 1.00 bits per heavy atom. The molecule has 0 bridgehead atoms. The van der Waals surface area contributed by atoms with Crippen LogP contribution in [0, 0.1) is 0 Å². The van der Waals surface area contributed by atoms with Crippen LogP contribution in [-0.2, 0) is 0 Å². The summed E-state index contributed by atoms with van der Waals surface area (Å²) < 4.78 is 24.4. The zero-order chi connectivity index (χ0) is 5.98. The molecule has 48 valence electrons. The second-order valence-electron chi connectivity index (χ2n) is 2.36. The summed E-state index contributed by atoms with van der Waals surface area (Å²) in [5, 5.41) is 0. The molecule has 1 aliphatic rings. The van der Waals surface area contributed by atoms with Crippen molar-refractivity contribution in [3.05, 3.63) is 0 Å². The Morgan fingerprint density at radius 2 is 1.50 bits per heavy atom. The largest absolute Gasteiger partial charge is 0.247 e. The molecule has 0 N–H and O–H groups in total. The zero-order valence-corrected chi connectivity index (χ0v) is 4.74. The highest BCUT2D eigenvalue weighted by Gasteiger charge is 2.19. The van der Waals surface area contributed by atoms with Gasteiger partial charge < -0.3 is 0 Å². The summed E-state index contributed by atoms with van der Waals surface area (Å²) in [6.45, 7) is 0. The number of halogens is 2. The Bertz CT molecular complexity index is 64.9. The Balaban J connectivity index is 2.23. The van der Waals surface area contributed by atoms with Crippen molar-refractivity contribution >= 4 is 0 Å². The van der Waals surface area contributed by atoms with Gasteiger partial charge in [0.2, 0.25) is 0 Å². The average Bonchev–Trinajstić information content (AvgIpc) is 1.64. The highest BCUT2D eigenvalue weighted by molar-refractivity contribution is 4.70. The first-order valence-corrected chi connectivity index (χ1v) is 3.07. The molecule has 2 atom stereocenters. The van der Waals surface area contributed by atoms with Crippen molar-refractivity contribution in [3.8, 4) is 0 Å². The Labute approximate surface area is 47.9 Å². The van der Waals surface area contributed by atoms with Crippen LogP contribution in [-0.4, -0.2) is 12.3 Å². The molecule has 0 aromatic rings. The Morgan fingerprint density at radius 3 is 1.75 bits per heavy atom. The molecule has 0 spiro atoms. The van der Waals surface area contributed by atoms with E-state index in [1.54, 1.807) is 0 Å². The van der Waals surface area contributed by atoms with Crippen LogP contribution in [0.3, 0.4) is 0 Å². The lowest BCUT2D eigenvalue weighted by Gasteiger charge is -2.17. The number of rotatable bonds is 0. The van der Waals surface area contributed by atoms with E-state index in [9.17, 15) is 8.78 Å². The molecular formula is C6H10F2. The first-order valence-electron chi connectivity index (χ1n) is 3.07. The van der Waals surface area contributed by atoms with Gasteiger partial charge in [-0.25, -0.2) is 8.78 Å². The first kappa shape index (κ1) is 5.99. The number of alkyl halides is 2. The van der Waals surface area contributed by atoms with Crippen LogP contribution in [0.5, 0.6) is 0 Å². The van der Waals surface area contributed by atoms with Gasteiger partial charge in [0.25, 0.3) is 0 Å². The van der Waals surface area contributed by atoms with Gasteiger partial charge in [0.1, 0.15) is 12.3 Å². The molecule has 0 saturated heterocycles. The maximum absolute atomic E-state index is 12.2. The van der Waals surface area contributed by atoms with Crippen molar-refractivity contribution in [3.63, 3.8) is 0 Å². The minimum Gasteiger partial charge on any atom is -0.247 e. The van der Waals surface area contributed by atoms with Gasteiger partial charge in [-0.2, -0.15) is 0 Å². The van der Waals surface area contributed by atoms with E-state index in [1.807, 2.05) is 0 Å². The maximum atomic E-state index is 12.2. The van der Waals surface area contributed by atoms with Gasteiger partial charge >= 0.3 is 0 Å². The van der Waals surface area contributed by atoms with Crippen LogP contribution in [0.25, 0.3) is 0 Å². The van der Waals surface area contributed by atoms with Gasteiger partial charge in [-0.15, -0.1) is 0 Å². The molecule has 1 fully saturated rings. The fraction of sp³-hybridized carbons (Fsp3) is 1.00. The van der Waals surface area contributed by atoms with Gasteiger partial charge in [-0.05, 0) is 19.3 Å². The van der Waals surface area contributed by atoms with Crippen molar-refractivity contribution < 1.29 is 8.78 Å². The fourth-order valence-corrected chi connectivity index (χ4v) is 1.07. The van der Waals surface area contributed by atoms with Crippen LogP contribution in [0.15, 0.2) is 0 Å². The lowest BCUT2D eigenvalue weighted by atomic mass is 9.97. The summed E-state index contributed by atoms with van der Waals surface area (Å²) in [6.07, 6.45) is 0.279. The molecule has 0 radical (unpaired) electrons. The molecule has 0 aromatic heterocycles. The quantitative estimate of drug-likeness (QED) is 0.460. The van der Waals surface area contributed by atoms with Crippen LogP contribution in [0.2, 0.25) is 0 Å². The van der Waals surface area contributed by atoms with Gasteiger partial charge in [0, 0.05) is 6.42 Å². The zero-order valence-electron chi connectivity index (χ0n) is 4.74. The van der Waals surface area contributed by atoms with Gasteiger partial charge in [0.05, 0.1) is 0 Å². The molecule has 0 unspecified atom stereocenters. The highest BCUT2D eigenvalue weighted by Crippen LogP contribution is 2.22. The van der Waals surface area contributed by atoms with Crippen molar-refractivity contribution in [2.75, 3.05) is 0 Å². The van der Waals surface area contributed by atoms with Crippen LogP contribution in [0.1, 0.15) is 25.7 Å². The summed E-state index contributed by atoms with van der Waals surface area (Å²) in [5.41, 5.74) is 0. The van der Waals surface area contributed by atoms with E-state index in [4.69, 9.17) is 0 Å². The summed E-state index contributed by atoms with van der Waals surface area (Å²) in [6, 6.07) is 0. The predicted molar refractivity (Wildman–Crippen MR) is 28.3 cm³/mol. The summed E-state index contributed by atoms with van der Waals surface area (Å²) >= 11 is 0. The lowest BCUT2D eigenvalue weighted by Crippen LogP contribution is -2.16. The fourth-order valence-electron chi connectivity index (χ4n) is 1.07. The Hall–Kier alpha value is -0.140. The van der Waals surface area contributed by atoms with E-state index in [0.29, 0.717) is 12.8 Å². The topological polar surface area (TPSA) is 0 Å². The van der Waals surface area contributed by atoms with Crippen LogP contribution >= 0.6 is 0 Å². The second kappa shape index (κ2) is 2.42. The van der Waals surface area contributed by atoms with Crippen molar-refractivity contribution in [2.45, 2.75) is 38.0 Å². The molecule has 1 saturated carbocycles. The molecule has 0 nitrogen and oxygen atoms in total. The maximum Gasteiger partial charge on any atom is 0.103 e. The SMILES string of the molecule is F[C@@H]1CCC[C@H](F)C1. The van der Waals surface area contributed by atoms with E-state index in [0.717, 1.165) is 6.42 Å². The van der Waals surface area contributed by atoms with E-state index in [1.165, 1.54) is 0 Å². The molecule has 0 aromatic carbocycles. The minimum atomic E-state index is -0.862. The summed E-state index contributed by atoms with van der Waals surface area (Å²) in [4.78, 5) is 0. The molecule has 0 aliphatic heterocycles. The minimum absolute atomic E-state index is 0.139. The van der Waals surface area contributed by atoms with E-state index >= 15 is 0 Å². The van der Waals surface area contributed by atoms with Gasteiger partial charge in [0.15, 0.2) is 0 Å². The van der Waals surface area contributed by atoms with E-state index in [2.05, 4.69) is 0 Å². The van der Waals surface area contributed by atoms with E-state index in [-0.39, 0.29) is 6.42 Å². The van der Waals surface area contributed by atoms with Crippen LogP contribution < -0.4 is 0 Å². The summed E-state index contributed by atoms with van der Waals surface area (Å²) in [7, 11) is 0. The molecule has 1 rings (SSSR count). The standard InChI is InChI=1S/C6H10F2/c7-5-2-1-3-6(8)4-5/h5-6H,1-4H2/t5-,6+. The molecule has 1 aliphatic carbocycles. The third-order valence-corrected chi connectivity index (χ3v) is 1.55. The number of hydrogen-bond acceptors (Lipinski definition) is 0. The van der Waals surface area contributed by atoms with Crippen molar-refractivity contribution in [1.29, 1.82) is 0 Å². The van der Waals surface area contributed by atoms with Crippen molar-refractivity contribution in [1.82, 2.24) is 0 Å². The predicted octanol–water partition coefficient (Wildman–Crippen LogP) is 2.24. The third kappa shape index (κ3) is 1.42. The number of hydrogen-bond donors (Lipinski definition) is 0. The monoisotopic (exact) mass is 120 g/mol. The molecule has 0 heterocycles. The molecule has 0 amide bonds. The average molecular weight is 120 g/mol. The summed E-state index contributed by atoms with van der Waals surface area (Å²) in [5.74, 6) is 0. The normalized spacial score (nSPS) is 39.8. The van der Waals surface area contributed by atoms with Crippen LogP contribution in [0.4, 0.5) is 8.78 Å². The highest BCUT2D eigenvalue weighted by atomic mass is 19.1. The molecule has 2 heteroatoms.